The maximum Gasteiger partial charge on any atom is 0.268 e. The summed E-state index contributed by atoms with van der Waals surface area (Å²) in [5.74, 6) is 0.00556. The zero-order valence-corrected chi connectivity index (χ0v) is 21.2. The van der Waals surface area contributed by atoms with Crippen LogP contribution in [0.3, 0.4) is 0 Å². The lowest BCUT2D eigenvalue weighted by molar-refractivity contribution is 0.0902. The summed E-state index contributed by atoms with van der Waals surface area (Å²) in [6.45, 7) is 3.03. The number of fused-ring (bicyclic) bond motifs is 2. The van der Waals surface area contributed by atoms with Crippen LogP contribution in [-0.4, -0.2) is 46.4 Å². The first-order chi connectivity index (χ1) is 18.1. The Labute approximate surface area is 218 Å². The van der Waals surface area contributed by atoms with E-state index < -0.39 is 0 Å². The van der Waals surface area contributed by atoms with E-state index in [1.165, 1.54) is 36.7 Å². The minimum atomic E-state index is -0.0227. The van der Waals surface area contributed by atoms with Crippen molar-refractivity contribution < 1.29 is 4.79 Å². The third-order valence-electron chi connectivity index (χ3n) is 8.35. The van der Waals surface area contributed by atoms with E-state index >= 15 is 0 Å². The van der Waals surface area contributed by atoms with Crippen LogP contribution in [0.2, 0.25) is 0 Å². The van der Waals surface area contributed by atoms with Crippen LogP contribution >= 0.6 is 0 Å². The van der Waals surface area contributed by atoms with E-state index in [0.29, 0.717) is 23.8 Å². The number of carbonyl (C=O) groups excluding carboxylic acids is 1. The molecule has 1 amide bonds. The molecule has 6 rings (SSSR count). The molecule has 1 saturated carbocycles. The van der Waals surface area contributed by atoms with E-state index in [4.69, 9.17) is 11.1 Å². The van der Waals surface area contributed by atoms with E-state index in [1.54, 1.807) is 0 Å². The van der Waals surface area contributed by atoms with Crippen LogP contribution in [-0.2, 0) is 6.54 Å². The third-order valence-corrected chi connectivity index (χ3v) is 8.35. The van der Waals surface area contributed by atoms with E-state index in [-0.39, 0.29) is 17.8 Å². The van der Waals surface area contributed by atoms with Gasteiger partial charge in [-0.05, 0) is 80.1 Å². The van der Waals surface area contributed by atoms with Gasteiger partial charge in [-0.2, -0.15) is 0 Å². The van der Waals surface area contributed by atoms with E-state index in [2.05, 4.69) is 51.2 Å². The van der Waals surface area contributed by atoms with Gasteiger partial charge in [-0.25, -0.2) is 0 Å². The largest absolute Gasteiger partial charge is 0.384 e. The van der Waals surface area contributed by atoms with Crippen LogP contribution < -0.4 is 11.1 Å². The summed E-state index contributed by atoms with van der Waals surface area (Å²) in [5, 5.41) is 14.6. The number of carbonyl (C=O) groups is 1. The lowest BCUT2D eigenvalue weighted by Gasteiger charge is -2.34. The smallest absolute Gasteiger partial charge is 0.268 e. The van der Waals surface area contributed by atoms with Crippen molar-refractivity contribution in [1.29, 1.82) is 5.41 Å². The highest BCUT2D eigenvalue weighted by Gasteiger charge is 2.29. The number of hydrogen-bond donors (Lipinski definition) is 3. The molecule has 2 heterocycles. The maximum absolute atomic E-state index is 13.7. The van der Waals surface area contributed by atoms with Crippen molar-refractivity contribution in [2.24, 2.45) is 5.73 Å². The summed E-state index contributed by atoms with van der Waals surface area (Å²) in [6, 6.07) is 23.3. The Morgan fingerprint density at radius 2 is 1.68 bits per heavy atom. The fourth-order valence-electron chi connectivity index (χ4n) is 6.33. The predicted octanol–water partition coefficient (Wildman–Crippen LogP) is 5.26. The summed E-state index contributed by atoms with van der Waals surface area (Å²) >= 11 is 0. The maximum atomic E-state index is 13.7. The summed E-state index contributed by atoms with van der Waals surface area (Å²) in [6.07, 6.45) is 7.03. The summed E-state index contributed by atoms with van der Waals surface area (Å²) in [5.41, 5.74) is 9.22. The first kappa shape index (κ1) is 23.7. The lowest BCUT2D eigenvalue weighted by Crippen LogP contribution is -2.43. The Balaban J connectivity index is 1.30. The minimum absolute atomic E-state index is 0.0227. The second kappa shape index (κ2) is 10.0. The molecule has 1 aromatic heterocycles. The number of aromatic nitrogens is 1. The van der Waals surface area contributed by atoms with Gasteiger partial charge >= 0.3 is 0 Å². The number of nitrogens with two attached hydrogens (primary N) is 1. The van der Waals surface area contributed by atoms with Crippen LogP contribution in [0.25, 0.3) is 21.7 Å². The molecule has 1 aliphatic carbocycles. The van der Waals surface area contributed by atoms with Gasteiger partial charge < -0.3 is 20.5 Å². The number of nitrogens with zero attached hydrogens (tertiary/aromatic N) is 2. The molecule has 4 aromatic rings. The molecule has 190 valence electrons. The van der Waals surface area contributed by atoms with Crippen LogP contribution in [0, 0.1) is 5.41 Å². The van der Waals surface area contributed by atoms with Gasteiger partial charge in [-0.3, -0.25) is 10.2 Å². The van der Waals surface area contributed by atoms with E-state index in [9.17, 15) is 4.79 Å². The summed E-state index contributed by atoms with van der Waals surface area (Å²) in [4.78, 5) is 16.3. The first-order valence-corrected chi connectivity index (χ1v) is 13.6. The van der Waals surface area contributed by atoms with Gasteiger partial charge in [0.25, 0.3) is 5.91 Å². The molecule has 6 heteroatoms. The van der Waals surface area contributed by atoms with Gasteiger partial charge in [0.15, 0.2) is 0 Å². The molecule has 2 fully saturated rings. The van der Waals surface area contributed by atoms with Crippen LogP contribution in [0.5, 0.6) is 0 Å². The van der Waals surface area contributed by atoms with Gasteiger partial charge in [-0.1, -0.05) is 54.6 Å². The second-order valence-electron chi connectivity index (χ2n) is 10.7. The zero-order chi connectivity index (χ0) is 25.4. The summed E-state index contributed by atoms with van der Waals surface area (Å²) < 4.78 is 2.09. The van der Waals surface area contributed by atoms with E-state index in [0.717, 1.165) is 42.1 Å². The second-order valence-corrected chi connectivity index (χ2v) is 10.7. The number of likely N-dealkylation sites (tertiary alicyclic amines) is 1. The molecular weight excluding hydrogens is 458 g/mol. The third kappa shape index (κ3) is 4.74. The fraction of sp³-hybridized carbons (Fsp3) is 0.355. The quantitative estimate of drug-likeness (QED) is 0.253. The molecule has 0 spiro atoms. The van der Waals surface area contributed by atoms with Crippen molar-refractivity contribution in [2.75, 3.05) is 13.1 Å². The Morgan fingerprint density at radius 3 is 2.46 bits per heavy atom. The Bertz CT molecular complexity index is 1450. The molecule has 0 radical (unpaired) electrons. The van der Waals surface area contributed by atoms with Gasteiger partial charge in [-0.15, -0.1) is 0 Å². The lowest BCUT2D eigenvalue weighted by atomic mass is 9.90. The highest BCUT2D eigenvalue weighted by Crippen LogP contribution is 2.28. The Hall–Kier alpha value is -3.64. The SMILES string of the molecule is N=C(N)c1ccc2cc(C(=O)NC3CCC(N4CCCC4)CC3)n(Cc3cccc4ccccc34)c2c1. The number of nitrogen functional groups attached to an aromatic ring is 1. The molecule has 0 unspecified atom stereocenters. The van der Waals surface area contributed by atoms with Crippen LogP contribution in [0.15, 0.2) is 66.7 Å². The average molecular weight is 494 g/mol. The van der Waals surface area contributed by atoms with E-state index in [1.807, 2.05) is 30.3 Å². The summed E-state index contributed by atoms with van der Waals surface area (Å²) in [7, 11) is 0. The number of benzene rings is 3. The minimum Gasteiger partial charge on any atom is -0.384 e. The molecule has 0 bridgehead atoms. The predicted molar refractivity (Wildman–Crippen MR) is 150 cm³/mol. The average Bonchev–Trinajstić information content (AvgIpc) is 3.58. The first-order valence-electron chi connectivity index (χ1n) is 13.6. The van der Waals surface area contributed by atoms with Gasteiger partial charge in [0.1, 0.15) is 11.5 Å². The molecule has 1 saturated heterocycles. The van der Waals surface area contributed by atoms with Gasteiger partial charge in [0, 0.05) is 35.1 Å². The van der Waals surface area contributed by atoms with Crippen molar-refractivity contribution in [1.82, 2.24) is 14.8 Å². The van der Waals surface area contributed by atoms with Crippen molar-refractivity contribution in [3.63, 3.8) is 0 Å². The Kier molecular flexibility index (Phi) is 6.43. The fourth-order valence-corrected chi connectivity index (χ4v) is 6.33. The number of nitrogens with one attached hydrogen (secondary N) is 2. The number of hydrogen-bond acceptors (Lipinski definition) is 3. The molecule has 1 aliphatic heterocycles. The van der Waals surface area contributed by atoms with Gasteiger partial charge in [0.05, 0.1) is 0 Å². The molecule has 3 aromatic carbocycles. The van der Waals surface area contributed by atoms with Crippen molar-refractivity contribution in [2.45, 2.75) is 57.2 Å². The topological polar surface area (TPSA) is 87.1 Å². The zero-order valence-electron chi connectivity index (χ0n) is 21.2. The number of rotatable bonds is 6. The highest BCUT2D eigenvalue weighted by atomic mass is 16.2. The number of amides is 1. The van der Waals surface area contributed by atoms with Crippen LogP contribution in [0.1, 0.15) is 60.1 Å². The molecular formula is C31H35N5O. The number of amidine groups is 1. The van der Waals surface area contributed by atoms with Crippen molar-refractivity contribution in [3.8, 4) is 0 Å². The van der Waals surface area contributed by atoms with Crippen molar-refractivity contribution in [3.05, 3.63) is 83.6 Å². The van der Waals surface area contributed by atoms with Crippen molar-refractivity contribution >= 4 is 33.4 Å². The monoisotopic (exact) mass is 493 g/mol. The molecule has 0 atom stereocenters. The molecule has 37 heavy (non-hydrogen) atoms. The Morgan fingerprint density at radius 1 is 0.919 bits per heavy atom. The van der Waals surface area contributed by atoms with Gasteiger partial charge in [0.2, 0.25) is 0 Å². The van der Waals surface area contributed by atoms with Crippen LogP contribution in [0.4, 0.5) is 0 Å². The standard InChI is InChI=1S/C31H35N5O/c32-30(33)23-11-10-22-18-29(31(37)34-25-12-14-26(15-13-25)35-16-3-4-17-35)36(28(22)19-23)20-24-8-5-7-21-6-1-2-9-27(21)24/h1-2,5-11,18-19,25-26H,3-4,12-17,20H2,(H3,32,33)(H,34,37). The molecule has 4 N–H and O–H groups in total. The molecule has 6 nitrogen and oxygen atoms in total. The molecule has 2 aliphatic rings. The normalized spacial score (nSPS) is 20.4. The highest BCUT2D eigenvalue weighted by molar-refractivity contribution is 6.02.